The molecule has 1 unspecified atom stereocenters. The van der Waals surface area contributed by atoms with Crippen LogP contribution in [0.3, 0.4) is 0 Å². The highest BCUT2D eigenvalue weighted by Crippen LogP contribution is 2.22. The Morgan fingerprint density at radius 3 is 2.76 bits per heavy atom. The van der Waals surface area contributed by atoms with Gasteiger partial charge in [-0.05, 0) is 69.3 Å². The molecule has 0 aliphatic carbocycles. The molecule has 1 aromatic rings. The average molecular weight is 347 g/mol. The molecule has 1 aromatic carbocycles. The number of benzene rings is 1. The Labute approximate surface area is 152 Å². The number of likely N-dealkylation sites (tertiary alicyclic amines) is 1. The molecule has 1 heterocycles. The van der Waals surface area contributed by atoms with Gasteiger partial charge in [0.05, 0.1) is 6.61 Å². The van der Waals surface area contributed by atoms with Crippen molar-refractivity contribution in [3.63, 3.8) is 0 Å². The van der Waals surface area contributed by atoms with Gasteiger partial charge in [-0.2, -0.15) is 0 Å². The van der Waals surface area contributed by atoms with Crippen LogP contribution in [0.4, 0.5) is 5.69 Å². The fourth-order valence-electron chi connectivity index (χ4n) is 3.17. The van der Waals surface area contributed by atoms with Crippen LogP contribution in [0, 0.1) is 0 Å². The van der Waals surface area contributed by atoms with Crippen molar-refractivity contribution < 1.29 is 4.74 Å². The molecule has 2 rings (SSSR count). The summed E-state index contributed by atoms with van der Waals surface area (Å²) >= 11 is 0. The van der Waals surface area contributed by atoms with Gasteiger partial charge in [-0.1, -0.05) is 13.8 Å². The van der Waals surface area contributed by atoms with E-state index in [0.717, 1.165) is 56.4 Å². The highest BCUT2D eigenvalue weighted by Gasteiger charge is 2.24. The molecule has 0 amide bonds. The lowest BCUT2D eigenvalue weighted by Crippen LogP contribution is -2.46. The highest BCUT2D eigenvalue weighted by atomic mass is 16.5. The van der Waals surface area contributed by atoms with Crippen LogP contribution in [0.25, 0.3) is 0 Å². The normalized spacial score (nSPS) is 18.3. The van der Waals surface area contributed by atoms with Gasteiger partial charge >= 0.3 is 0 Å². The highest BCUT2D eigenvalue weighted by molar-refractivity contribution is 5.94. The van der Waals surface area contributed by atoms with Crippen molar-refractivity contribution in [2.45, 2.75) is 58.4 Å². The summed E-state index contributed by atoms with van der Waals surface area (Å²) < 4.78 is 5.66. The zero-order chi connectivity index (χ0) is 17.9. The Balaban J connectivity index is 2.08. The van der Waals surface area contributed by atoms with E-state index < -0.39 is 0 Å². The first-order valence-electron chi connectivity index (χ1n) is 9.79. The molecule has 0 radical (unpaired) electrons. The monoisotopic (exact) mass is 346 g/mol. The molecule has 0 spiro atoms. The van der Waals surface area contributed by atoms with Crippen LogP contribution < -0.4 is 15.8 Å². The number of ether oxygens (including phenoxy) is 1. The van der Waals surface area contributed by atoms with Crippen LogP contribution in [-0.4, -0.2) is 43.1 Å². The summed E-state index contributed by atoms with van der Waals surface area (Å²) in [4.78, 5) is 7.27. The first-order chi connectivity index (χ1) is 12.3. The molecule has 0 aromatic heterocycles. The number of aliphatic imine (C=N–C) groups is 1. The number of guanidine groups is 1. The van der Waals surface area contributed by atoms with Gasteiger partial charge in [0.25, 0.3) is 0 Å². The standard InChI is InChI=1S/C20H34N4O/c1-3-16-25-19-11-9-17(10-12-19)23-20(22-14-7-13-21)24-15-6-5-8-18(24)4-2/h9-12,18H,3-8,13-16,21H2,1-2H3,(H,22,23). The van der Waals surface area contributed by atoms with E-state index in [0.29, 0.717) is 12.6 Å². The van der Waals surface area contributed by atoms with Crippen molar-refractivity contribution in [1.82, 2.24) is 4.90 Å². The maximum atomic E-state index is 5.66. The predicted octanol–water partition coefficient (Wildman–Crippen LogP) is 3.86. The van der Waals surface area contributed by atoms with E-state index in [4.69, 9.17) is 15.5 Å². The number of hydrogen-bond acceptors (Lipinski definition) is 3. The van der Waals surface area contributed by atoms with Crippen LogP contribution in [0.5, 0.6) is 5.75 Å². The van der Waals surface area contributed by atoms with Gasteiger partial charge in [-0.25, -0.2) is 0 Å². The van der Waals surface area contributed by atoms with Gasteiger partial charge < -0.3 is 20.7 Å². The molecule has 1 aliphatic rings. The summed E-state index contributed by atoms with van der Waals surface area (Å²) in [5.41, 5.74) is 6.69. The fourth-order valence-corrected chi connectivity index (χ4v) is 3.17. The molecule has 5 heteroatoms. The third-order valence-electron chi connectivity index (χ3n) is 4.58. The van der Waals surface area contributed by atoms with Crippen molar-refractivity contribution in [3.8, 4) is 5.75 Å². The van der Waals surface area contributed by atoms with Gasteiger partial charge in [0.2, 0.25) is 0 Å². The Kier molecular flexibility index (Phi) is 8.60. The Bertz CT molecular complexity index is 515. The molecule has 5 nitrogen and oxygen atoms in total. The SMILES string of the molecule is CCCOc1ccc(NC(=NCCCN)N2CCCCC2CC)cc1. The fraction of sp³-hybridized carbons (Fsp3) is 0.650. The van der Waals surface area contributed by atoms with Gasteiger partial charge in [0, 0.05) is 24.8 Å². The van der Waals surface area contributed by atoms with Crippen LogP contribution in [0.2, 0.25) is 0 Å². The lowest BCUT2D eigenvalue weighted by atomic mass is 10.0. The topological polar surface area (TPSA) is 62.9 Å². The zero-order valence-corrected chi connectivity index (χ0v) is 15.8. The molecular weight excluding hydrogens is 312 g/mol. The first kappa shape index (κ1) is 19.6. The van der Waals surface area contributed by atoms with E-state index in [2.05, 4.69) is 36.2 Å². The van der Waals surface area contributed by atoms with E-state index >= 15 is 0 Å². The summed E-state index contributed by atoms with van der Waals surface area (Å²) in [5.74, 6) is 1.90. The van der Waals surface area contributed by atoms with Crippen molar-refractivity contribution in [1.29, 1.82) is 0 Å². The van der Waals surface area contributed by atoms with Gasteiger partial charge in [-0.15, -0.1) is 0 Å². The minimum atomic E-state index is 0.574. The van der Waals surface area contributed by atoms with Crippen LogP contribution >= 0.6 is 0 Å². The van der Waals surface area contributed by atoms with Crippen LogP contribution in [0.1, 0.15) is 52.4 Å². The minimum Gasteiger partial charge on any atom is -0.494 e. The smallest absolute Gasteiger partial charge is 0.198 e. The third-order valence-corrected chi connectivity index (χ3v) is 4.58. The molecule has 1 aliphatic heterocycles. The quantitative estimate of drug-likeness (QED) is 0.426. The number of rotatable bonds is 8. The predicted molar refractivity (Wildman–Crippen MR) is 106 cm³/mol. The lowest BCUT2D eigenvalue weighted by molar-refractivity contribution is 0.234. The van der Waals surface area contributed by atoms with Crippen molar-refractivity contribution in [3.05, 3.63) is 24.3 Å². The molecule has 0 saturated carbocycles. The second-order valence-electron chi connectivity index (χ2n) is 6.60. The van der Waals surface area contributed by atoms with Crippen molar-refractivity contribution in [2.24, 2.45) is 10.7 Å². The summed E-state index contributed by atoms with van der Waals surface area (Å²) in [6.45, 7) is 7.65. The summed E-state index contributed by atoms with van der Waals surface area (Å²) in [6.07, 6.45) is 6.89. The maximum absolute atomic E-state index is 5.66. The first-order valence-corrected chi connectivity index (χ1v) is 9.79. The largest absolute Gasteiger partial charge is 0.494 e. The molecule has 25 heavy (non-hydrogen) atoms. The number of hydrogen-bond donors (Lipinski definition) is 2. The molecule has 140 valence electrons. The second kappa shape index (κ2) is 11.0. The molecular formula is C20H34N4O. The van der Waals surface area contributed by atoms with Gasteiger partial charge in [-0.3, -0.25) is 4.99 Å². The summed E-state index contributed by atoms with van der Waals surface area (Å²) in [5, 5.41) is 3.53. The number of nitrogens with zero attached hydrogens (tertiary/aromatic N) is 2. The lowest BCUT2D eigenvalue weighted by Gasteiger charge is -2.37. The molecule has 1 fully saturated rings. The van der Waals surface area contributed by atoms with E-state index in [9.17, 15) is 0 Å². The Hall–Kier alpha value is -1.75. The number of piperidine rings is 1. The Morgan fingerprint density at radius 2 is 2.08 bits per heavy atom. The van der Waals surface area contributed by atoms with Crippen molar-refractivity contribution in [2.75, 3.05) is 31.6 Å². The number of nitrogens with one attached hydrogen (secondary N) is 1. The summed E-state index contributed by atoms with van der Waals surface area (Å²) in [7, 11) is 0. The van der Waals surface area contributed by atoms with E-state index in [-0.39, 0.29) is 0 Å². The second-order valence-corrected chi connectivity index (χ2v) is 6.60. The number of nitrogens with two attached hydrogens (primary N) is 1. The Morgan fingerprint density at radius 1 is 1.28 bits per heavy atom. The van der Waals surface area contributed by atoms with E-state index in [1.807, 2.05) is 12.1 Å². The minimum absolute atomic E-state index is 0.574. The van der Waals surface area contributed by atoms with Gasteiger partial charge in [0.15, 0.2) is 5.96 Å². The maximum Gasteiger partial charge on any atom is 0.198 e. The number of anilines is 1. The van der Waals surface area contributed by atoms with Crippen LogP contribution in [0.15, 0.2) is 29.3 Å². The van der Waals surface area contributed by atoms with E-state index in [1.165, 1.54) is 19.3 Å². The molecule has 1 saturated heterocycles. The van der Waals surface area contributed by atoms with Crippen molar-refractivity contribution >= 4 is 11.6 Å². The summed E-state index contributed by atoms with van der Waals surface area (Å²) in [6, 6.07) is 8.74. The molecule has 1 atom stereocenters. The molecule has 3 N–H and O–H groups in total. The van der Waals surface area contributed by atoms with Crippen LogP contribution in [-0.2, 0) is 0 Å². The average Bonchev–Trinajstić information content (AvgIpc) is 2.66. The molecule has 0 bridgehead atoms. The van der Waals surface area contributed by atoms with E-state index in [1.54, 1.807) is 0 Å². The van der Waals surface area contributed by atoms with Gasteiger partial charge in [0.1, 0.15) is 5.75 Å². The zero-order valence-electron chi connectivity index (χ0n) is 15.8. The third kappa shape index (κ3) is 6.24.